The monoisotopic (exact) mass is 491 g/mol. The van der Waals surface area contributed by atoms with Crippen LogP contribution < -0.4 is 0 Å². The number of aromatic hydroxyl groups is 1. The Balaban J connectivity index is 1.65. The second kappa shape index (κ2) is 11.2. The zero-order valence-corrected chi connectivity index (χ0v) is 21.4. The van der Waals surface area contributed by atoms with Gasteiger partial charge in [-0.2, -0.15) is 0 Å². The van der Waals surface area contributed by atoms with Crippen molar-refractivity contribution in [3.05, 3.63) is 83.4 Å². The smallest absolute Gasteiger partial charge is 0.357 e. The van der Waals surface area contributed by atoms with E-state index in [2.05, 4.69) is 65.5 Å². The molecule has 1 aliphatic rings. The number of hydrogen-bond acceptors (Lipinski definition) is 7. The topological polar surface area (TPSA) is 65.9 Å². The fourth-order valence-electron chi connectivity index (χ4n) is 4.79. The fraction of sp³-hybridized carbons (Fsp3) is 0.357. The molecule has 0 radical (unpaired) electrons. The molecule has 1 fully saturated rings. The highest BCUT2D eigenvalue weighted by atomic mass is 32.1. The van der Waals surface area contributed by atoms with Crippen LogP contribution in [0.25, 0.3) is 10.6 Å². The number of esters is 1. The van der Waals surface area contributed by atoms with Gasteiger partial charge in [0, 0.05) is 42.7 Å². The molecule has 0 amide bonds. The average Bonchev–Trinajstić information content (AvgIpc) is 3.34. The van der Waals surface area contributed by atoms with Crippen LogP contribution in [0.15, 0.2) is 66.6 Å². The van der Waals surface area contributed by atoms with E-state index in [0.717, 1.165) is 41.3 Å². The number of aromatic nitrogens is 1. The zero-order valence-electron chi connectivity index (χ0n) is 20.6. The molecule has 0 saturated carbocycles. The van der Waals surface area contributed by atoms with Crippen molar-refractivity contribution in [2.24, 2.45) is 0 Å². The molecule has 0 bridgehead atoms. The summed E-state index contributed by atoms with van der Waals surface area (Å²) in [7, 11) is 0. The van der Waals surface area contributed by atoms with Crippen LogP contribution >= 0.6 is 11.3 Å². The minimum Gasteiger partial charge on any atom is -0.508 e. The van der Waals surface area contributed by atoms with Crippen molar-refractivity contribution < 1.29 is 14.6 Å². The lowest BCUT2D eigenvalue weighted by Gasteiger charge is -2.47. The molecule has 1 aromatic heterocycles. The van der Waals surface area contributed by atoms with Gasteiger partial charge in [-0.3, -0.25) is 9.80 Å². The number of hydrogen-bond donors (Lipinski definition) is 1. The maximum absolute atomic E-state index is 12.0. The molecular weight excluding hydrogens is 458 g/mol. The molecular formula is C28H33N3O3S. The Morgan fingerprint density at radius 1 is 1.20 bits per heavy atom. The van der Waals surface area contributed by atoms with Crippen molar-refractivity contribution >= 4 is 17.3 Å². The quantitative estimate of drug-likeness (QED) is 0.338. The van der Waals surface area contributed by atoms with Gasteiger partial charge in [0.15, 0.2) is 5.69 Å². The summed E-state index contributed by atoms with van der Waals surface area (Å²) in [6.07, 6.45) is 1.97. The Labute approximate surface area is 211 Å². The lowest BCUT2D eigenvalue weighted by Crippen LogP contribution is -2.57. The second-order valence-corrected chi connectivity index (χ2v) is 9.87. The molecule has 184 valence electrons. The first-order chi connectivity index (χ1) is 16.9. The van der Waals surface area contributed by atoms with Gasteiger partial charge in [-0.05, 0) is 44.0 Å². The fourth-order valence-corrected chi connectivity index (χ4v) is 5.58. The summed E-state index contributed by atoms with van der Waals surface area (Å²) in [5.41, 5.74) is 3.51. The van der Waals surface area contributed by atoms with Gasteiger partial charge in [0.1, 0.15) is 10.8 Å². The van der Waals surface area contributed by atoms with Crippen LogP contribution in [0, 0.1) is 0 Å². The van der Waals surface area contributed by atoms with Gasteiger partial charge in [-0.1, -0.05) is 42.5 Å². The largest absolute Gasteiger partial charge is 0.508 e. The second-order valence-electron chi connectivity index (χ2n) is 9.02. The van der Waals surface area contributed by atoms with Crippen molar-refractivity contribution in [1.29, 1.82) is 0 Å². The maximum Gasteiger partial charge on any atom is 0.357 e. The molecule has 3 aromatic rings. The van der Waals surface area contributed by atoms with Crippen molar-refractivity contribution in [1.82, 2.24) is 14.8 Å². The first kappa shape index (κ1) is 25.1. The van der Waals surface area contributed by atoms with Crippen LogP contribution in [0.2, 0.25) is 0 Å². The van der Waals surface area contributed by atoms with Gasteiger partial charge < -0.3 is 9.84 Å². The maximum atomic E-state index is 12.0. The van der Waals surface area contributed by atoms with Crippen molar-refractivity contribution in [2.45, 2.75) is 38.9 Å². The number of carbonyl (C=O) groups excluding carboxylic acids is 1. The van der Waals surface area contributed by atoms with E-state index >= 15 is 0 Å². The number of piperazine rings is 1. The molecule has 1 aliphatic heterocycles. The number of thiazole rings is 1. The summed E-state index contributed by atoms with van der Waals surface area (Å²) in [4.78, 5) is 21.5. The molecule has 2 heterocycles. The molecule has 3 atom stereocenters. The highest BCUT2D eigenvalue weighted by Gasteiger charge is 2.34. The zero-order chi connectivity index (χ0) is 24.9. The van der Waals surface area contributed by atoms with E-state index in [0.29, 0.717) is 24.4 Å². The van der Waals surface area contributed by atoms with Gasteiger partial charge in [0.2, 0.25) is 0 Å². The Hall–Kier alpha value is -3.00. The van der Waals surface area contributed by atoms with Gasteiger partial charge in [0.05, 0.1) is 12.6 Å². The first-order valence-corrected chi connectivity index (χ1v) is 12.9. The predicted molar refractivity (Wildman–Crippen MR) is 141 cm³/mol. The average molecular weight is 492 g/mol. The lowest BCUT2D eigenvalue weighted by atomic mass is 9.93. The highest BCUT2D eigenvalue weighted by molar-refractivity contribution is 7.13. The number of nitrogens with zero attached hydrogens (tertiary/aromatic N) is 3. The Morgan fingerprint density at radius 3 is 2.66 bits per heavy atom. The summed E-state index contributed by atoms with van der Waals surface area (Å²) < 4.78 is 5.07. The summed E-state index contributed by atoms with van der Waals surface area (Å²) in [5.74, 6) is -0.126. The number of phenolic OH excluding ortho intramolecular Hbond substituents is 1. The molecule has 1 N–H and O–H groups in total. The standard InChI is InChI=1S/C28H33N3O3S/c1-5-14-30-16-20(4)31(17-19(30)3)26(23-8-7-9-24(32)15-23)21-10-12-22(13-11-21)27-29-25(18-35-27)28(33)34-6-2/h5,7-13,15,18-20,26,32H,1,6,14,16-17H2,2-4H3/t19-,20+,26-/m1/s1. The molecule has 0 spiro atoms. The SMILES string of the molecule is C=CCN1C[C@H](C)N([C@H](c2ccc(-c3nc(C(=O)OCC)cs3)cc2)c2cccc(O)c2)C[C@H]1C. The molecule has 4 rings (SSSR count). The van der Waals surface area contributed by atoms with Crippen LogP contribution in [-0.4, -0.2) is 64.2 Å². The third-order valence-electron chi connectivity index (χ3n) is 6.51. The van der Waals surface area contributed by atoms with Gasteiger partial charge in [-0.25, -0.2) is 9.78 Å². The first-order valence-electron chi connectivity index (χ1n) is 12.0. The number of carbonyl (C=O) groups is 1. The summed E-state index contributed by atoms with van der Waals surface area (Å²) in [6.45, 7) is 13.3. The van der Waals surface area contributed by atoms with Gasteiger partial charge >= 0.3 is 5.97 Å². The van der Waals surface area contributed by atoms with E-state index in [1.807, 2.05) is 18.2 Å². The van der Waals surface area contributed by atoms with E-state index in [9.17, 15) is 9.90 Å². The van der Waals surface area contributed by atoms with E-state index < -0.39 is 5.97 Å². The molecule has 35 heavy (non-hydrogen) atoms. The summed E-state index contributed by atoms with van der Waals surface area (Å²) in [6, 6.07) is 16.6. The van der Waals surface area contributed by atoms with Crippen LogP contribution in [0.5, 0.6) is 5.75 Å². The van der Waals surface area contributed by atoms with Crippen LogP contribution in [0.1, 0.15) is 48.4 Å². The van der Waals surface area contributed by atoms with Gasteiger partial charge in [-0.15, -0.1) is 17.9 Å². The van der Waals surface area contributed by atoms with Crippen molar-refractivity contribution in [3.63, 3.8) is 0 Å². The molecule has 2 aromatic carbocycles. The van der Waals surface area contributed by atoms with Crippen molar-refractivity contribution in [3.8, 4) is 16.3 Å². The van der Waals surface area contributed by atoms with Crippen LogP contribution in [0.3, 0.4) is 0 Å². The van der Waals surface area contributed by atoms with Gasteiger partial charge in [0.25, 0.3) is 0 Å². The highest BCUT2D eigenvalue weighted by Crippen LogP contribution is 2.35. The Kier molecular flexibility index (Phi) is 8.00. The molecule has 6 nitrogen and oxygen atoms in total. The van der Waals surface area contributed by atoms with E-state index in [1.54, 1.807) is 18.4 Å². The molecule has 7 heteroatoms. The number of phenols is 1. The summed E-state index contributed by atoms with van der Waals surface area (Å²) in [5, 5.41) is 12.8. The number of ether oxygens (including phenoxy) is 1. The van der Waals surface area contributed by atoms with E-state index in [-0.39, 0.29) is 11.8 Å². The minimum absolute atomic E-state index is 0.00543. The lowest BCUT2D eigenvalue weighted by molar-refractivity contribution is 0.0306. The molecule has 1 saturated heterocycles. The number of rotatable bonds is 8. The molecule has 0 unspecified atom stereocenters. The Morgan fingerprint density at radius 2 is 1.97 bits per heavy atom. The van der Waals surface area contributed by atoms with E-state index in [1.165, 1.54) is 11.3 Å². The summed E-state index contributed by atoms with van der Waals surface area (Å²) >= 11 is 1.43. The van der Waals surface area contributed by atoms with Crippen LogP contribution in [-0.2, 0) is 4.74 Å². The third kappa shape index (κ3) is 5.64. The predicted octanol–water partition coefficient (Wildman–Crippen LogP) is 5.36. The number of benzene rings is 2. The van der Waals surface area contributed by atoms with Crippen molar-refractivity contribution in [2.75, 3.05) is 26.2 Å². The van der Waals surface area contributed by atoms with Crippen LogP contribution in [0.4, 0.5) is 0 Å². The minimum atomic E-state index is -0.394. The normalized spacial score (nSPS) is 19.9. The Bertz CT molecular complexity index is 1160. The third-order valence-corrected chi connectivity index (χ3v) is 7.40. The molecule has 0 aliphatic carbocycles. The van der Waals surface area contributed by atoms with E-state index in [4.69, 9.17) is 4.74 Å².